The van der Waals surface area contributed by atoms with Gasteiger partial charge in [-0.3, -0.25) is 9.89 Å². The zero-order valence-corrected chi connectivity index (χ0v) is 12.9. The molecule has 4 rings (SSSR count). The summed E-state index contributed by atoms with van der Waals surface area (Å²) in [6.07, 6.45) is 1.57. The van der Waals surface area contributed by atoms with Crippen LogP contribution in [0.3, 0.4) is 0 Å². The number of fused-ring (bicyclic) bond motifs is 1. The molecule has 0 unspecified atom stereocenters. The molecule has 1 aromatic carbocycles. The first-order chi connectivity index (χ1) is 11.7. The maximum absolute atomic E-state index is 12.2. The second-order valence-electron chi connectivity index (χ2n) is 5.40. The zero-order chi connectivity index (χ0) is 16.7. The number of H-pyrrole nitrogens is 1. The van der Waals surface area contributed by atoms with Gasteiger partial charge in [-0.2, -0.15) is 5.10 Å². The van der Waals surface area contributed by atoms with Crippen molar-refractivity contribution >= 4 is 5.91 Å². The van der Waals surface area contributed by atoms with Gasteiger partial charge in [0.25, 0.3) is 5.91 Å². The van der Waals surface area contributed by atoms with Gasteiger partial charge < -0.3 is 19.6 Å². The van der Waals surface area contributed by atoms with Gasteiger partial charge in [0.1, 0.15) is 5.69 Å². The van der Waals surface area contributed by atoms with E-state index in [1.54, 1.807) is 36.6 Å². The SMILES string of the molecule is CCOc1cc([C@@H]2NC(=O)c3n[nH]c(-c4ccco4)c32)ccc1O. The average molecular weight is 325 g/mol. The molecule has 1 aliphatic heterocycles. The average Bonchev–Trinajstić information content (AvgIpc) is 3.28. The number of nitrogens with zero attached hydrogens (tertiary/aromatic N) is 1. The number of rotatable bonds is 4. The molecule has 3 N–H and O–H groups in total. The highest BCUT2D eigenvalue weighted by atomic mass is 16.5. The third-order valence-electron chi connectivity index (χ3n) is 3.97. The van der Waals surface area contributed by atoms with Crippen LogP contribution in [-0.4, -0.2) is 27.8 Å². The second-order valence-corrected chi connectivity index (χ2v) is 5.40. The monoisotopic (exact) mass is 325 g/mol. The van der Waals surface area contributed by atoms with Crippen LogP contribution >= 0.6 is 0 Å². The molecule has 7 nitrogen and oxygen atoms in total. The number of aromatic nitrogens is 2. The van der Waals surface area contributed by atoms with Crippen LogP contribution in [0.25, 0.3) is 11.5 Å². The van der Waals surface area contributed by atoms with Crippen molar-refractivity contribution < 1.29 is 19.1 Å². The minimum Gasteiger partial charge on any atom is -0.504 e. The summed E-state index contributed by atoms with van der Waals surface area (Å²) in [7, 11) is 0. The first-order valence-electron chi connectivity index (χ1n) is 7.57. The lowest BCUT2D eigenvalue weighted by Crippen LogP contribution is -2.21. The van der Waals surface area contributed by atoms with Crippen LogP contribution in [0.2, 0.25) is 0 Å². The molecular formula is C17H15N3O4. The molecule has 1 aliphatic rings. The highest BCUT2D eigenvalue weighted by Gasteiger charge is 2.36. The van der Waals surface area contributed by atoms with Crippen LogP contribution in [0.1, 0.15) is 34.6 Å². The number of carbonyl (C=O) groups is 1. The summed E-state index contributed by atoms with van der Waals surface area (Å²) in [6.45, 7) is 2.27. The van der Waals surface area contributed by atoms with Gasteiger partial charge in [-0.1, -0.05) is 6.07 Å². The number of benzene rings is 1. The lowest BCUT2D eigenvalue weighted by molar-refractivity contribution is 0.0955. The second kappa shape index (κ2) is 5.45. The number of ether oxygens (including phenoxy) is 1. The minimum atomic E-state index is -0.397. The minimum absolute atomic E-state index is 0.0589. The van der Waals surface area contributed by atoms with E-state index in [1.165, 1.54) is 0 Å². The Hall–Kier alpha value is -3.22. The lowest BCUT2D eigenvalue weighted by Gasteiger charge is -2.15. The fraction of sp³-hybridized carbons (Fsp3) is 0.176. The number of phenolic OH excluding ortho intramolecular Hbond substituents is 1. The van der Waals surface area contributed by atoms with Crippen LogP contribution in [0.4, 0.5) is 0 Å². The van der Waals surface area contributed by atoms with Gasteiger partial charge in [-0.25, -0.2) is 0 Å². The molecule has 1 amide bonds. The molecule has 0 aliphatic carbocycles. The Morgan fingerprint density at radius 3 is 3.00 bits per heavy atom. The topological polar surface area (TPSA) is 100 Å². The number of hydrogen-bond acceptors (Lipinski definition) is 5. The molecule has 1 atom stereocenters. The first-order valence-corrected chi connectivity index (χ1v) is 7.57. The van der Waals surface area contributed by atoms with E-state index in [4.69, 9.17) is 9.15 Å². The van der Waals surface area contributed by atoms with Gasteiger partial charge in [0.15, 0.2) is 23.0 Å². The number of carbonyl (C=O) groups excluding carboxylic acids is 1. The maximum atomic E-state index is 12.2. The van der Waals surface area contributed by atoms with Gasteiger partial charge in [-0.15, -0.1) is 0 Å². The molecule has 0 fully saturated rings. The maximum Gasteiger partial charge on any atom is 0.272 e. The third-order valence-corrected chi connectivity index (χ3v) is 3.97. The Morgan fingerprint density at radius 1 is 1.38 bits per heavy atom. The summed E-state index contributed by atoms with van der Waals surface area (Å²) in [6, 6.07) is 8.20. The normalized spacial score (nSPS) is 16.0. The van der Waals surface area contributed by atoms with Crippen LogP contribution < -0.4 is 10.1 Å². The Balaban J connectivity index is 1.82. The van der Waals surface area contributed by atoms with Crippen molar-refractivity contribution in [3.05, 3.63) is 53.4 Å². The standard InChI is InChI=1S/C17H15N3O4/c1-2-23-12-8-9(5-6-10(12)21)14-13-15(11-4-3-7-24-11)19-20-16(13)17(22)18-14/h3-8,14,21H,2H2,1H3,(H,18,22)(H,19,20)/t14-/m0/s1. The largest absolute Gasteiger partial charge is 0.504 e. The van der Waals surface area contributed by atoms with Crippen LogP contribution in [0, 0.1) is 0 Å². The van der Waals surface area contributed by atoms with Gasteiger partial charge in [0, 0.05) is 5.56 Å². The molecule has 0 saturated heterocycles. The molecule has 0 saturated carbocycles. The molecule has 0 radical (unpaired) electrons. The lowest BCUT2D eigenvalue weighted by atomic mass is 9.98. The summed E-state index contributed by atoms with van der Waals surface area (Å²) in [5.74, 6) is 0.786. The highest BCUT2D eigenvalue weighted by molar-refractivity contribution is 5.99. The van der Waals surface area contributed by atoms with Crippen molar-refractivity contribution in [1.29, 1.82) is 0 Å². The summed E-state index contributed by atoms with van der Waals surface area (Å²) in [5, 5.41) is 19.8. The molecule has 122 valence electrons. The summed E-state index contributed by atoms with van der Waals surface area (Å²) in [5.41, 5.74) is 2.52. The predicted octanol–water partition coefficient (Wildman–Crippen LogP) is 2.61. The smallest absolute Gasteiger partial charge is 0.272 e. The van der Waals surface area contributed by atoms with Gasteiger partial charge in [-0.05, 0) is 36.8 Å². The van der Waals surface area contributed by atoms with Crippen molar-refractivity contribution in [2.45, 2.75) is 13.0 Å². The molecule has 24 heavy (non-hydrogen) atoms. The highest BCUT2D eigenvalue weighted by Crippen LogP contribution is 2.39. The van der Waals surface area contributed by atoms with Gasteiger partial charge in [0.05, 0.1) is 18.9 Å². The quantitative estimate of drug-likeness (QED) is 0.684. The summed E-state index contributed by atoms with van der Waals surface area (Å²) >= 11 is 0. The summed E-state index contributed by atoms with van der Waals surface area (Å²) < 4.78 is 10.9. The van der Waals surface area contributed by atoms with E-state index in [9.17, 15) is 9.90 Å². The number of phenols is 1. The number of aromatic amines is 1. The zero-order valence-electron chi connectivity index (χ0n) is 12.9. The molecule has 0 bridgehead atoms. The van der Waals surface area contributed by atoms with E-state index in [1.807, 2.05) is 6.92 Å². The first kappa shape index (κ1) is 14.4. The van der Waals surface area contributed by atoms with E-state index < -0.39 is 6.04 Å². The van der Waals surface area contributed by atoms with E-state index in [-0.39, 0.29) is 11.7 Å². The predicted molar refractivity (Wildman–Crippen MR) is 84.9 cm³/mol. The van der Waals surface area contributed by atoms with Crippen LogP contribution in [0.15, 0.2) is 41.0 Å². The Morgan fingerprint density at radius 2 is 2.25 bits per heavy atom. The van der Waals surface area contributed by atoms with E-state index in [0.717, 1.165) is 11.1 Å². The van der Waals surface area contributed by atoms with E-state index in [0.29, 0.717) is 29.5 Å². The van der Waals surface area contributed by atoms with Crippen molar-refractivity contribution in [2.75, 3.05) is 6.61 Å². The van der Waals surface area contributed by atoms with Gasteiger partial charge in [0.2, 0.25) is 0 Å². The molecule has 2 aromatic heterocycles. The van der Waals surface area contributed by atoms with Crippen molar-refractivity contribution in [2.24, 2.45) is 0 Å². The molecule has 3 aromatic rings. The molecular weight excluding hydrogens is 310 g/mol. The van der Waals surface area contributed by atoms with Crippen LogP contribution in [-0.2, 0) is 0 Å². The fourth-order valence-corrected chi connectivity index (χ4v) is 2.92. The van der Waals surface area contributed by atoms with Gasteiger partial charge >= 0.3 is 0 Å². The molecule has 7 heteroatoms. The Bertz CT molecular complexity index is 899. The van der Waals surface area contributed by atoms with E-state index >= 15 is 0 Å². The van der Waals surface area contributed by atoms with Crippen molar-refractivity contribution in [1.82, 2.24) is 15.5 Å². The Labute approximate surface area is 137 Å². The number of nitrogens with one attached hydrogen (secondary N) is 2. The molecule has 0 spiro atoms. The Kier molecular flexibility index (Phi) is 3.26. The summed E-state index contributed by atoms with van der Waals surface area (Å²) in [4.78, 5) is 12.2. The number of hydrogen-bond donors (Lipinski definition) is 3. The van der Waals surface area contributed by atoms with Crippen molar-refractivity contribution in [3.63, 3.8) is 0 Å². The number of aromatic hydroxyl groups is 1. The molecule has 3 heterocycles. The number of amides is 1. The van der Waals surface area contributed by atoms with Crippen LogP contribution in [0.5, 0.6) is 11.5 Å². The number of furan rings is 1. The fourth-order valence-electron chi connectivity index (χ4n) is 2.92. The van der Waals surface area contributed by atoms with Crippen molar-refractivity contribution in [3.8, 4) is 23.0 Å². The third kappa shape index (κ3) is 2.13. The van der Waals surface area contributed by atoms with E-state index in [2.05, 4.69) is 15.5 Å².